The molecule has 0 spiro atoms. The van der Waals surface area contributed by atoms with Crippen LogP contribution in [-0.2, 0) is 0 Å². The normalized spacial score (nSPS) is 19.9. The molecule has 3 N–H and O–H groups in total. The minimum absolute atomic E-state index is 0.313. The molecule has 0 bridgehead atoms. The number of hydrogen-bond acceptors (Lipinski definition) is 3. The zero-order chi connectivity index (χ0) is 11.7. The van der Waals surface area contributed by atoms with E-state index < -0.39 is 5.60 Å². The molecule has 0 atom stereocenters. The third-order valence-electron chi connectivity index (χ3n) is 3.50. The van der Waals surface area contributed by atoms with Crippen LogP contribution in [-0.4, -0.2) is 35.5 Å². The van der Waals surface area contributed by atoms with Gasteiger partial charge in [-0.25, -0.2) is 0 Å². The lowest BCUT2D eigenvalue weighted by Gasteiger charge is -2.32. The number of aliphatic hydroxyl groups is 2. The number of nitrogens with one attached hydrogen (secondary N) is 1. The molecule has 0 aliphatic heterocycles. The Morgan fingerprint density at radius 3 is 2.31 bits per heavy atom. The molecule has 0 saturated heterocycles. The first-order valence-corrected chi connectivity index (χ1v) is 6.81. The molecule has 1 aliphatic rings. The Kier molecular flexibility index (Phi) is 7.01. The summed E-state index contributed by atoms with van der Waals surface area (Å²) in [5.74, 6) is 0. The van der Waals surface area contributed by atoms with Crippen LogP contribution in [0.25, 0.3) is 0 Å². The smallest absolute Gasteiger partial charge is 0.0771 e. The van der Waals surface area contributed by atoms with Gasteiger partial charge in [-0.3, -0.25) is 0 Å². The molecule has 0 heterocycles. The lowest BCUT2D eigenvalue weighted by Crippen LogP contribution is -2.42. The third kappa shape index (κ3) is 5.83. The number of rotatable bonds is 8. The molecule has 3 heteroatoms. The summed E-state index contributed by atoms with van der Waals surface area (Å²) in [4.78, 5) is 0. The summed E-state index contributed by atoms with van der Waals surface area (Å²) in [5, 5.41) is 22.2. The van der Waals surface area contributed by atoms with Crippen molar-refractivity contribution in [2.24, 2.45) is 0 Å². The van der Waals surface area contributed by atoms with E-state index in [2.05, 4.69) is 5.32 Å². The minimum Gasteiger partial charge on any atom is -0.396 e. The molecular formula is C13H27NO2. The van der Waals surface area contributed by atoms with E-state index in [-0.39, 0.29) is 0 Å². The molecule has 0 unspecified atom stereocenters. The van der Waals surface area contributed by atoms with Crippen LogP contribution in [0.2, 0.25) is 0 Å². The highest BCUT2D eigenvalue weighted by Gasteiger charge is 2.28. The number of unbranched alkanes of at least 4 members (excludes halogenated alkanes) is 3. The maximum atomic E-state index is 10.2. The lowest BCUT2D eigenvalue weighted by atomic mass is 9.85. The van der Waals surface area contributed by atoms with Crippen LogP contribution in [0.1, 0.15) is 57.8 Å². The van der Waals surface area contributed by atoms with Crippen LogP contribution in [0.15, 0.2) is 0 Å². The Hall–Kier alpha value is -0.120. The standard InChI is InChI=1S/C13H27NO2/c15-11-7-2-1-6-10-14-12-13(16)8-4-3-5-9-13/h14-16H,1-12H2. The monoisotopic (exact) mass is 229 g/mol. The van der Waals surface area contributed by atoms with Crippen molar-refractivity contribution in [2.75, 3.05) is 19.7 Å². The van der Waals surface area contributed by atoms with Gasteiger partial charge in [-0.15, -0.1) is 0 Å². The van der Waals surface area contributed by atoms with Gasteiger partial charge in [0.1, 0.15) is 0 Å². The van der Waals surface area contributed by atoms with E-state index in [1.807, 2.05) is 0 Å². The fourth-order valence-electron chi connectivity index (χ4n) is 2.42. The average Bonchev–Trinajstić information content (AvgIpc) is 2.29. The largest absolute Gasteiger partial charge is 0.396 e. The summed E-state index contributed by atoms with van der Waals surface area (Å²) in [6.45, 7) is 2.06. The highest BCUT2D eigenvalue weighted by Crippen LogP contribution is 2.27. The molecular weight excluding hydrogens is 202 g/mol. The highest BCUT2D eigenvalue weighted by molar-refractivity contribution is 4.84. The summed E-state index contributed by atoms with van der Waals surface area (Å²) in [6, 6.07) is 0. The van der Waals surface area contributed by atoms with Gasteiger partial charge < -0.3 is 15.5 Å². The number of aliphatic hydroxyl groups excluding tert-OH is 1. The van der Waals surface area contributed by atoms with Gasteiger partial charge >= 0.3 is 0 Å². The van der Waals surface area contributed by atoms with Crippen molar-refractivity contribution in [1.82, 2.24) is 5.32 Å². The first kappa shape index (κ1) is 13.9. The van der Waals surface area contributed by atoms with Gasteiger partial charge in [-0.2, -0.15) is 0 Å². The van der Waals surface area contributed by atoms with Crippen LogP contribution >= 0.6 is 0 Å². The van der Waals surface area contributed by atoms with Gasteiger partial charge in [0.15, 0.2) is 0 Å². The summed E-state index contributed by atoms with van der Waals surface area (Å²) in [6.07, 6.45) is 9.91. The van der Waals surface area contributed by atoms with Gasteiger partial charge in [-0.1, -0.05) is 32.1 Å². The predicted molar refractivity (Wildman–Crippen MR) is 66.5 cm³/mol. The van der Waals surface area contributed by atoms with Gasteiger partial charge in [0.25, 0.3) is 0 Å². The Bertz CT molecular complexity index is 167. The van der Waals surface area contributed by atoms with Crippen molar-refractivity contribution in [3.8, 4) is 0 Å². The molecule has 96 valence electrons. The van der Waals surface area contributed by atoms with E-state index in [4.69, 9.17) is 5.11 Å². The predicted octanol–water partition coefficient (Wildman–Crippen LogP) is 1.82. The van der Waals surface area contributed by atoms with Crippen LogP contribution in [0.3, 0.4) is 0 Å². The molecule has 1 aliphatic carbocycles. The summed E-state index contributed by atoms with van der Waals surface area (Å²) in [5.41, 5.74) is -0.427. The second kappa shape index (κ2) is 8.04. The molecule has 0 aromatic carbocycles. The van der Waals surface area contributed by atoms with Crippen molar-refractivity contribution in [2.45, 2.75) is 63.4 Å². The van der Waals surface area contributed by atoms with Crippen molar-refractivity contribution in [3.63, 3.8) is 0 Å². The Labute approximate surface area is 99.3 Å². The van der Waals surface area contributed by atoms with E-state index in [1.54, 1.807) is 0 Å². The molecule has 0 amide bonds. The van der Waals surface area contributed by atoms with Crippen molar-refractivity contribution < 1.29 is 10.2 Å². The topological polar surface area (TPSA) is 52.5 Å². The summed E-state index contributed by atoms with van der Waals surface area (Å²) in [7, 11) is 0. The van der Waals surface area contributed by atoms with Gasteiger partial charge in [0.05, 0.1) is 5.60 Å². The summed E-state index contributed by atoms with van der Waals surface area (Å²) >= 11 is 0. The molecule has 0 aromatic heterocycles. The third-order valence-corrected chi connectivity index (χ3v) is 3.50. The molecule has 3 nitrogen and oxygen atoms in total. The second-order valence-electron chi connectivity index (χ2n) is 5.10. The van der Waals surface area contributed by atoms with Crippen molar-refractivity contribution in [3.05, 3.63) is 0 Å². The molecule has 1 fully saturated rings. The van der Waals surface area contributed by atoms with E-state index >= 15 is 0 Å². The number of hydrogen-bond donors (Lipinski definition) is 3. The Morgan fingerprint density at radius 1 is 0.938 bits per heavy atom. The van der Waals surface area contributed by atoms with Gasteiger partial charge in [-0.05, 0) is 32.2 Å². The maximum Gasteiger partial charge on any atom is 0.0771 e. The first-order valence-electron chi connectivity index (χ1n) is 6.81. The van der Waals surface area contributed by atoms with Crippen LogP contribution < -0.4 is 5.32 Å². The van der Waals surface area contributed by atoms with Crippen molar-refractivity contribution in [1.29, 1.82) is 0 Å². The second-order valence-corrected chi connectivity index (χ2v) is 5.10. The molecule has 16 heavy (non-hydrogen) atoms. The fraction of sp³-hybridized carbons (Fsp3) is 1.00. The van der Waals surface area contributed by atoms with Gasteiger partial charge in [0.2, 0.25) is 0 Å². The van der Waals surface area contributed by atoms with E-state index in [9.17, 15) is 5.11 Å². The molecule has 1 rings (SSSR count). The zero-order valence-corrected chi connectivity index (χ0v) is 10.4. The average molecular weight is 229 g/mol. The zero-order valence-electron chi connectivity index (χ0n) is 10.4. The Morgan fingerprint density at radius 2 is 1.62 bits per heavy atom. The SMILES string of the molecule is OCCCCCCNCC1(O)CCCCC1. The maximum absolute atomic E-state index is 10.2. The minimum atomic E-state index is -0.427. The molecule has 0 radical (unpaired) electrons. The van der Waals surface area contributed by atoms with Crippen LogP contribution in [0, 0.1) is 0 Å². The Balaban J connectivity index is 1.93. The van der Waals surface area contributed by atoms with E-state index in [0.717, 1.165) is 45.2 Å². The van der Waals surface area contributed by atoms with E-state index in [0.29, 0.717) is 6.61 Å². The van der Waals surface area contributed by atoms with E-state index in [1.165, 1.54) is 25.7 Å². The van der Waals surface area contributed by atoms with Crippen LogP contribution in [0.4, 0.5) is 0 Å². The first-order chi connectivity index (χ1) is 7.77. The fourth-order valence-corrected chi connectivity index (χ4v) is 2.42. The van der Waals surface area contributed by atoms with Gasteiger partial charge in [0, 0.05) is 13.2 Å². The lowest BCUT2D eigenvalue weighted by molar-refractivity contribution is 0.00503. The highest BCUT2D eigenvalue weighted by atomic mass is 16.3. The molecule has 1 saturated carbocycles. The quantitative estimate of drug-likeness (QED) is 0.557. The summed E-state index contributed by atoms with van der Waals surface area (Å²) < 4.78 is 0. The van der Waals surface area contributed by atoms with Crippen molar-refractivity contribution >= 4 is 0 Å². The molecule has 0 aromatic rings. The van der Waals surface area contributed by atoms with Crippen LogP contribution in [0.5, 0.6) is 0 Å².